The monoisotopic (exact) mass is 348 g/mol. The Morgan fingerprint density at radius 3 is 1.55 bits per heavy atom. The average molecular weight is 348 g/mol. The molecule has 0 saturated heterocycles. The second kappa shape index (κ2) is 9.84. The van der Waals surface area contributed by atoms with Crippen molar-refractivity contribution >= 4 is 8.80 Å². The zero-order chi connectivity index (χ0) is 17.3. The first-order chi connectivity index (χ1) is 10.2. The lowest BCUT2D eigenvalue weighted by Gasteiger charge is -2.38. The van der Waals surface area contributed by atoms with E-state index in [0.717, 1.165) is 12.8 Å². The van der Waals surface area contributed by atoms with E-state index in [1.807, 2.05) is 6.92 Å². The summed E-state index contributed by atoms with van der Waals surface area (Å²) in [6.07, 6.45) is 1.21. The molecular weight excluding hydrogens is 320 g/mol. The van der Waals surface area contributed by atoms with Crippen LogP contribution in [0.25, 0.3) is 0 Å². The first-order valence-electron chi connectivity index (χ1n) is 7.92. The molecule has 22 heavy (non-hydrogen) atoms. The van der Waals surface area contributed by atoms with E-state index in [1.165, 1.54) is 20.8 Å². The molecule has 0 atom stereocenters. The highest BCUT2D eigenvalue weighted by Gasteiger charge is 2.76. The largest absolute Gasteiger partial charge is 0.581 e. The van der Waals surface area contributed by atoms with Gasteiger partial charge in [-0.1, -0.05) is 26.2 Å². The highest BCUT2D eigenvalue weighted by Crippen LogP contribution is 2.45. The molecule has 0 aliphatic rings. The number of hydrogen-bond acceptors (Lipinski definition) is 3. The molecule has 0 aromatic rings. The van der Waals surface area contributed by atoms with Gasteiger partial charge in [0.1, 0.15) is 0 Å². The van der Waals surface area contributed by atoms with Crippen LogP contribution in [0.2, 0.25) is 0 Å². The predicted octanol–water partition coefficient (Wildman–Crippen LogP) is 4.82. The number of alkyl halides is 4. The Bertz CT molecular complexity index is 287. The molecule has 3 nitrogen and oxygen atoms in total. The van der Waals surface area contributed by atoms with Gasteiger partial charge in [0.15, 0.2) is 0 Å². The van der Waals surface area contributed by atoms with Crippen LogP contribution in [0.15, 0.2) is 0 Å². The Labute approximate surface area is 131 Å². The van der Waals surface area contributed by atoms with Crippen LogP contribution >= 0.6 is 0 Å². The summed E-state index contributed by atoms with van der Waals surface area (Å²) < 4.78 is 72.2. The van der Waals surface area contributed by atoms with Crippen LogP contribution in [0, 0.1) is 0 Å². The maximum atomic E-state index is 14.5. The van der Waals surface area contributed by atoms with Crippen LogP contribution < -0.4 is 0 Å². The Kier molecular flexibility index (Phi) is 9.76. The second-order valence-electron chi connectivity index (χ2n) is 4.94. The predicted molar refractivity (Wildman–Crippen MR) is 79.3 cm³/mol. The Balaban J connectivity index is 5.26. The van der Waals surface area contributed by atoms with Crippen molar-refractivity contribution in [1.82, 2.24) is 0 Å². The highest BCUT2D eigenvalue weighted by molar-refractivity contribution is 6.63. The third-order valence-electron chi connectivity index (χ3n) is 3.19. The molecule has 0 radical (unpaired) electrons. The van der Waals surface area contributed by atoms with Crippen molar-refractivity contribution in [2.24, 2.45) is 0 Å². The van der Waals surface area contributed by atoms with Crippen molar-refractivity contribution in [3.05, 3.63) is 0 Å². The smallest absolute Gasteiger partial charge is 0.370 e. The van der Waals surface area contributed by atoms with Crippen molar-refractivity contribution in [2.45, 2.75) is 71.3 Å². The minimum absolute atomic E-state index is 0.0330. The van der Waals surface area contributed by atoms with Crippen molar-refractivity contribution < 1.29 is 30.8 Å². The molecule has 0 spiro atoms. The Morgan fingerprint density at radius 2 is 1.18 bits per heavy atom. The zero-order valence-electron chi connectivity index (χ0n) is 13.9. The molecule has 0 saturated carbocycles. The highest BCUT2D eigenvalue weighted by atomic mass is 28.4. The summed E-state index contributed by atoms with van der Waals surface area (Å²) in [5.74, 6) is -4.22. The van der Waals surface area contributed by atoms with Crippen LogP contribution in [-0.2, 0) is 13.3 Å². The van der Waals surface area contributed by atoms with Crippen LogP contribution in [-0.4, -0.2) is 40.1 Å². The molecule has 134 valence electrons. The molecular formula is C14H28F4O3Si. The van der Waals surface area contributed by atoms with E-state index in [0.29, 0.717) is 6.42 Å². The number of hydrogen-bond donors (Lipinski definition) is 0. The summed E-state index contributed by atoms with van der Waals surface area (Å²) in [5, 5.41) is 0. The van der Waals surface area contributed by atoms with Gasteiger partial charge in [-0.15, -0.1) is 0 Å². The van der Waals surface area contributed by atoms with Crippen LogP contribution in [0.4, 0.5) is 17.6 Å². The fourth-order valence-corrected chi connectivity index (χ4v) is 4.63. The van der Waals surface area contributed by atoms with Crippen LogP contribution in [0.5, 0.6) is 0 Å². The normalized spacial score (nSPS) is 13.6. The quantitative estimate of drug-likeness (QED) is 0.271. The maximum Gasteiger partial charge on any atom is 0.581 e. The molecule has 0 fully saturated rings. The van der Waals surface area contributed by atoms with Gasteiger partial charge >= 0.3 is 20.3 Å². The van der Waals surface area contributed by atoms with Gasteiger partial charge in [0.25, 0.3) is 0 Å². The zero-order valence-corrected chi connectivity index (χ0v) is 14.9. The molecule has 0 rings (SSSR count). The second-order valence-corrected chi connectivity index (χ2v) is 7.55. The minimum atomic E-state index is -4.81. The van der Waals surface area contributed by atoms with Gasteiger partial charge in [-0.2, -0.15) is 17.6 Å². The van der Waals surface area contributed by atoms with Crippen LogP contribution in [0.3, 0.4) is 0 Å². The molecule has 0 aliphatic carbocycles. The van der Waals surface area contributed by atoms with Gasteiger partial charge in [-0.25, -0.2) is 0 Å². The molecule has 0 aromatic heterocycles. The van der Waals surface area contributed by atoms with Gasteiger partial charge < -0.3 is 13.3 Å². The van der Waals surface area contributed by atoms with E-state index in [-0.39, 0.29) is 26.2 Å². The van der Waals surface area contributed by atoms with Crippen molar-refractivity contribution in [3.63, 3.8) is 0 Å². The first-order valence-corrected chi connectivity index (χ1v) is 9.64. The molecule has 0 unspecified atom stereocenters. The van der Waals surface area contributed by atoms with E-state index in [9.17, 15) is 17.6 Å². The molecule has 8 heteroatoms. The Hall–Kier alpha value is -0.183. The standard InChI is InChI=1S/C14H28F4O3Si/c1-5-9-10-11-12-13(15,16)14(17,18)22(19-6-2,20-7-3)21-8-4/h5-12H2,1-4H3. The van der Waals surface area contributed by atoms with E-state index in [2.05, 4.69) is 0 Å². The van der Waals surface area contributed by atoms with Gasteiger partial charge in [0.05, 0.1) is 0 Å². The van der Waals surface area contributed by atoms with Crippen molar-refractivity contribution in [3.8, 4) is 0 Å². The molecule has 0 N–H and O–H groups in total. The topological polar surface area (TPSA) is 27.7 Å². The average Bonchev–Trinajstić information content (AvgIpc) is 2.44. The van der Waals surface area contributed by atoms with E-state index >= 15 is 0 Å². The summed E-state index contributed by atoms with van der Waals surface area (Å²) in [5.41, 5.74) is -4.45. The minimum Gasteiger partial charge on any atom is -0.370 e. The third kappa shape index (κ3) is 5.18. The van der Waals surface area contributed by atoms with Crippen LogP contribution in [0.1, 0.15) is 59.8 Å². The number of halogens is 4. The van der Waals surface area contributed by atoms with E-state index in [1.54, 1.807) is 0 Å². The molecule has 0 amide bonds. The summed E-state index contributed by atoms with van der Waals surface area (Å²) >= 11 is 0. The van der Waals surface area contributed by atoms with Gasteiger partial charge in [0, 0.05) is 26.2 Å². The van der Waals surface area contributed by atoms with Crippen molar-refractivity contribution in [2.75, 3.05) is 19.8 Å². The van der Waals surface area contributed by atoms with Gasteiger partial charge in [-0.05, 0) is 27.2 Å². The van der Waals surface area contributed by atoms with E-state index in [4.69, 9.17) is 13.3 Å². The molecule has 0 bridgehead atoms. The van der Waals surface area contributed by atoms with Gasteiger partial charge in [-0.3, -0.25) is 0 Å². The fourth-order valence-electron chi connectivity index (χ4n) is 2.12. The number of rotatable bonds is 13. The number of unbranched alkanes of at least 4 members (excludes halogenated alkanes) is 3. The molecule has 0 aliphatic heterocycles. The van der Waals surface area contributed by atoms with Gasteiger partial charge in [0.2, 0.25) is 0 Å². The lowest BCUT2D eigenvalue weighted by molar-refractivity contribution is -0.203. The fraction of sp³-hybridized carbons (Fsp3) is 1.00. The lowest BCUT2D eigenvalue weighted by Crippen LogP contribution is -2.68. The summed E-state index contributed by atoms with van der Waals surface area (Å²) in [7, 11) is -4.81. The lowest BCUT2D eigenvalue weighted by atomic mass is 10.1. The van der Waals surface area contributed by atoms with Crippen molar-refractivity contribution in [1.29, 1.82) is 0 Å². The third-order valence-corrected chi connectivity index (χ3v) is 6.33. The molecule has 0 heterocycles. The molecule has 0 aromatic carbocycles. The Morgan fingerprint density at radius 1 is 0.727 bits per heavy atom. The maximum absolute atomic E-state index is 14.5. The summed E-state index contributed by atoms with van der Waals surface area (Å²) in [6.45, 7) is 5.76. The summed E-state index contributed by atoms with van der Waals surface area (Å²) in [4.78, 5) is 0. The summed E-state index contributed by atoms with van der Waals surface area (Å²) in [6, 6.07) is 0. The first kappa shape index (κ1) is 21.8. The van der Waals surface area contributed by atoms with E-state index < -0.39 is 26.7 Å². The SMILES string of the molecule is CCCCCCC(F)(F)C(F)(F)[Si](OCC)(OCC)OCC.